The Balaban J connectivity index is 4.48. The van der Waals surface area contributed by atoms with Crippen molar-refractivity contribution in [2.45, 2.75) is 38.8 Å². The molecule has 0 bridgehead atoms. The third-order valence-corrected chi connectivity index (χ3v) is 2.24. The zero-order valence-electron chi connectivity index (χ0n) is 10.5. The maximum atomic E-state index is 11.7. The van der Waals surface area contributed by atoms with Gasteiger partial charge in [0.05, 0.1) is 6.04 Å². The van der Waals surface area contributed by atoms with Gasteiger partial charge >= 0.3 is 0 Å². The van der Waals surface area contributed by atoms with Gasteiger partial charge in [-0.25, -0.2) is 0 Å². The first-order valence-corrected chi connectivity index (χ1v) is 5.19. The Kier molecular flexibility index (Phi) is 5.53. The summed E-state index contributed by atoms with van der Waals surface area (Å²) < 4.78 is 0. The number of amides is 2. The van der Waals surface area contributed by atoms with Crippen LogP contribution in [-0.2, 0) is 9.59 Å². The molecule has 1 unspecified atom stereocenters. The highest BCUT2D eigenvalue weighted by atomic mass is 16.2. The molecule has 1 atom stereocenters. The predicted molar refractivity (Wildman–Crippen MR) is 67.3 cm³/mol. The van der Waals surface area contributed by atoms with E-state index in [0.29, 0.717) is 6.42 Å². The van der Waals surface area contributed by atoms with Gasteiger partial charge in [0, 0.05) is 6.20 Å². The van der Waals surface area contributed by atoms with Crippen molar-refractivity contribution in [3.8, 4) is 0 Å². The molecule has 6 heteroatoms. The van der Waals surface area contributed by atoms with Crippen molar-refractivity contribution in [3.63, 3.8) is 0 Å². The molecule has 0 rings (SSSR count). The zero-order valence-corrected chi connectivity index (χ0v) is 10.5. The van der Waals surface area contributed by atoms with Crippen molar-refractivity contribution in [1.82, 2.24) is 5.32 Å². The van der Waals surface area contributed by atoms with Crippen molar-refractivity contribution in [3.05, 3.63) is 11.8 Å². The third kappa shape index (κ3) is 5.26. The van der Waals surface area contributed by atoms with Crippen molar-refractivity contribution in [1.29, 1.82) is 0 Å². The standard InChI is InChI=1S/C11H20N4O2/c1-7(6-14-4)5-8(12)9(16)15-11(2,3)10(13)17/h6,8H,4-5,12H2,1-3H3,(H2,13,17)(H,15,16). The molecule has 5 N–H and O–H groups in total. The molecule has 0 radical (unpaired) electrons. The fraction of sp³-hybridized carbons (Fsp3) is 0.545. The van der Waals surface area contributed by atoms with E-state index in [1.165, 1.54) is 20.0 Å². The summed E-state index contributed by atoms with van der Waals surface area (Å²) in [5.41, 5.74) is 10.6. The predicted octanol–water partition coefficient (Wildman–Crippen LogP) is -0.312. The van der Waals surface area contributed by atoms with Crippen LogP contribution in [0.15, 0.2) is 16.8 Å². The van der Waals surface area contributed by atoms with E-state index in [4.69, 9.17) is 11.5 Å². The lowest BCUT2D eigenvalue weighted by atomic mass is 10.0. The summed E-state index contributed by atoms with van der Waals surface area (Å²) in [6.45, 7) is 8.14. The van der Waals surface area contributed by atoms with E-state index in [0.717, 1.165) is 5.57 Å². The molecule has 17 heavy (non-hydrogen) atoms. The van der Waals surface area contributed by atoms with E-state index in [1.807, 2.05) is 0 Å². The van der Waals surface area contributed by atoms with Gasteiger partial charge in [-0.15, -0.1) is 0 Å². The first-order chi connectivity index (χ1) is 7.70. The van der Waals surface area contributed by atoms with Crippen LogP contribution in [0, 0.1) is 0 Å². The minimum atomic E-state index is -1.11. The molecule has 0 aliphatic heterocycles. The summed E-state index contributed by atoms with van der Waals surface area (Å²) in [6, 6.07) is -0.744. The first-order valence-electron chi connectivity index (χ1n) is 5.19. The van der Waals surface area contributed by atoms with Gasteiger partial charge in [0.25, 0.3) is 0 Å². The molecule has 2 amide bonds. The Bertz CT molecular complexity index is 347. The van der Waals surface area contributed by atoms with E-state index < -0.39 is 23.4 Å². The lowest BCUT2D eigenvalue weighted by Crippen LogP contribution is -2.56. The number of nitrogens with zero attached hydrogens (tertiary/aromatic N) is 1. The number of hydrogen-bond donors (Lipinski definition) is 3. The number of aliphatic imine (C=N–C) groups is 1. The van der Waals surface area contributed by atoms with Crippen LogP contribution in [0.1, 0.15) is 27.2 Å². The molecule has 0 saturated heterocycles. The van der Waals surface area contributed by atoms with Crippen LogP contribution in [0.3, 0.4) is 0 Å². The Labute approximate surface area is 101 Å². The Morgan fingerprint density at radius 3 is 2.47 bits per heavy atom. The lowest BCUT2D eigenvalue weighted by molar-refractivity contribution is -0.131. The van der Waals surface area contributed by atoms with E-state index in [9.17, 15) is 9.59 Å². The average molecular weight is 240 g/mol. The summed E-state index contributed by atoms with van der Waals surface area (Å²) in [5, 5.41) is 2.49. The molecule has 0 saturated carbocycles. The second-order valence-corrected chi connectivity index (χ2v) is 4.45. The minimum absolute atomic E-state index is 0.347. The molecule has 0 aromatic heterocycles. The Morgan fingerprint density at radius 2 is 2.06 bits per heavy atom. The van der Waals surface area contributed by atoms with Crippen LogP contribution in [0.2, 0.25) is 0 Å². The molecule has 6 nitrogen and oxygen atoms in total. The fourth-order valence-electron chi connectivity index (χ4n) is 1.11. The summed E-state index contributed by atoms with van der Waals surface area (Å²) in [4.78, 5) is 26.3. The van der Waals surface area contributed by atoms with Gasteiger partial charge in [0.2, 0.25) is 11.8 Å². The zero-order chi connectivity index (χ0) is 13.6. The monoisotopic (exact) mass is 240 g/mol. The summed E-state index contributed by atoms with van der Waals surface area (Å²) in [5.74, 6) is -1.04. The van der Waals surface area contributed by atoms with Crippen LogP contribution >= 0.6 is 0 Å². The van der Waals surface area contributed by atoms with Gasteiger partial charge in [0.1, 0.15) is 5.54 Å². The molecule has 0 aliphatic rings. The van der Waals surface area contributed by atoms with E-state index in [1.54, 1.807) is 6.92 Å². The topological polar surface area (TPSA) is 111 Å². The second kappa shape index (κ2) is 6.15. The largest absolute Gasteiger partial charge is 0.368 e. The van der Waals surface area contributed by atoms with Crippen molar-refractivity contribution in [2.24, 2.45) is 16.5 Å². The van der Waals surface area contributed by atoms with Gasteiger partial charge in [-0.1, -0.05) is 5.57 Å². The Morgan fingerprint density at radius 1 is 1.53 bits per heavy atom. The summed E-state index contributed by atoms with van der Waals surface area (Å²) in [7, 11) is 0. The highest BCUT2D eigenvalue weighted by molar-refractivity contribution is 5.91. The SMILES string of the molecule is C=NC=C(C)CC(N)C(=O)NC(C)(C)C(N)=O. The van der Waals surface area contributed by atoms with Crippen LogP contribution in [-0.4, -0.2) is 30.1 Å². The molecule has 0 heterocycles. The Hall–Kier alpha value is -1.69. The van der Waals surface area contributed by atoms with Crippen LogP contribution in [0.5, 0.6) is 0 Å². The third-order valence-electron chi connectivity index (χ3n) is 2.24. The van der Waals surface area contributed by atoms with Crippen LogP contribution in [0.4, 0.5) is 0 Å². The normalized spacial score (nSPS) is 14.0. The minimum Gasteiger partial charge on any atom is -0.368 e. The van der Waals surface area contributed by atoms with Gasteiger partial charge in [-0.2, -0.15) is 0 Å². The summed E-state index contributed by atoms with van der Waals surface area (Å²) >= 11 is 0. The first kappa shape index (κ1) is 15.3. The maximum absolute atomic E-state index is 11.7. The number of hydrogen-bond acceptors (Lipinski definition) is 4. The number of rotatable bonds is 6. The lowest BCUT2D eigenvalue weighted by Gasteiger charge is -2.24. The maximum Gasteiger partial charge on any atom is 0.242 e. The molecule has 0 aliphatic carbocycles. The number of carbonyl (C=O) groups is 2. The quantitative estimate of drug-likeness (QED) is 0.554. The van der Waals surface area contributed by atoms with Gasteiger partial charge in [-0.3, -0.25) is 14.6 Å². The molecular formula is C11H20N4O2. The van der Waals surface area contributed by atoms with Crippen molar-refractivity contribution in [2.75, 3.05) is 0 Å². The van der Waals surface area contributed by atoms with E-state index in [2.05, 4.69) is 17.0 Å². The molecule has 0 aromatic carbocycles. The molecule has 0 aromatic rings. The number of carbonyl (C=O) groups excluding carboxylic acids is 2. The van der Waals surface area contributed by atoms with E-state index >= 15 is 0 Å². The van der Waals surface area contributed by atoms with Crippen molar-refractivity contribution < 1.29 is 9.59 Å². The van der Waals surface area contributed by atoms with Gasteiger partial charge in [-0.05, 0) is 33.9 Å². The molecule has 0 spiro atoms. The number of nitrogens with two attached hydrogens (primary N) is 2. The molecular weight excluding hydrogens is 220 g/mol. The summed E-state index contributed by atoms with van der Waals surface area (Å²) in [6.07, 6.45) is 1.88. The molecule has 96 valence electrons. The van der Waals surface area contributed by atoms with Crippen LogP contribution in [0.25, 0.3) is 0 Å². The highest BCUT2D eigenvalue weighted by Crippen LogP contribution is 2.06. The fourth-order valence-corrected chi connectivity index (χ4v) is 1.11. The van der Waals surface area contributed by atoms with E-state index in [-0.39, 0.29) is 0 Å². The smallest absolute Gasteiger partial charge is 0.242 e. The van der Waals surface area contributed by atoms with Gasteiger partial charge < -0.3 is 16.8 Å². The van der Waals surface area contributed by atoms with Crippen molar-refractivity contribution >= 4 is 18.5 Å². The van der Waals surface area contributed by atoms with Crippen LogP contribution < -0.4 is 16.8 Å². The highest BCUT2D eigenvalue weighted by Gasteiger charge is 2.28. The number of primary amides is 1. The molecule has 0 fully saturated rings. The number of nitrogens with one attached hydrogen (secondary N) is 1. The van der Waals surface area contributed by atoms with Gasteiger partial charge in [0.15, 0.2) is 0 Å². The average Bonchev–Trinajstić information content (AvgIpc) is 2.16. The second-order valence-electron chi connectivity index (χ2n) is 4.45.